The summed E-state index contributed by atoms with van der Waals surface area (Å²) in [6.45, 7) is 1.09. The molecule has 0 aliphatic carbocycles. The summed E-state index contributed by atoms with van der Waals surface area (Å²) in [5.41, 5.74) is 11.9. The number of carbonyl (C=O) groups excluding carboxylic acids is 5. The number of nitrogens with one attached hydrogen (secondary N) is 5. The van der Waals surface area contributed by atoms with Gasteiger partial charge in [0.05, 0.1) is 18.5 Å². The molecule has 246 valence electrons. The van der Waals surface area contributed by atoms with Crippen molar-refractivity contribution in [3.05, 3.63) is 18.2 Å². The van der Waals surface area contributed by atoms with Gasteiger partial charge in [-0.2, -0.15) is 12.6 Å². The molecule has 44 heavy (non-hydrogen) atoms. The van der Waals surface area contributed by atoms with Crippen molar-refractivity contribution in [2.24, 2.45) is 11.5 Å². The first-order valence-corrected chi connectivity index (χ1v) is 15.0. The third kappa shape index (κ3) is 11.1. The average molecular weight is 642 g/mol. The molecule has 0 radical (unpaired) electrons. The minimum atomic E-state index is -1.49. The van der Waals surface area contributed by atoms with Gasteiger partial charge in [0, 0.05) is 30.6 Å². The molecule has 1 aromatic heterocycles. The molecule has 11 N–H and O–H groups in total. The second kappa shape index (κ2) is 18.2. The van der Waals surface area contributed by atoms with Crippen LogP contribution >= 0.6 is 12.6 Å². The number of aromatic nitrogens is 2. The molecular formula is C26H43N9O8S. The number of carbonyl (C=O) groups is 6. The van der Waals surface area contributed by atoms with E-state index in [1.54, 1.807) is 0 Å². The Kier molecular flexibility index (Phi) is 15.0. The van der Waals surface area contributed by atoms with Gasteiger partial charge in [0.25, 0.3) is 0 Å². The Labute approximate surface area is 260 Å². The summed E-state index contributed by atoms with van der Waals surface area (Å²) in [5.74, 6) is -4.69. The number of H-pyrrole nitrogens is 1. The molecule has 1 aromatic rings. The Hall–Kier alpha value is -3.74. The number of hydrogen-bond acceptors (Lipinski definition) is 11. The monoisotopic (exact) mass is 641 g/mol. The van der Waals surface area contributed by atoms with E-state index in [1.807, 2.05) is 0 Å². The SMILES string of the molecule is CC(O)C(NC(=O)C(CCCCN)NC(=O)C1CCCN1C(=O)C(Cc1cnc[nH]1)NC(=O)C(N)CS)C(=O)NCC(=O)O. The lowest BCUT2D eigenvalue weighted by atomic mass is 10.0. The molecule has 1 aliphatic rings. The van der Waals surface area contributed by atoms with Crippen LogP contribution in [-0.2, 0) is 35.2 Å². The summed E-state index contributed by atoms with van der Waals surface area (Å²) < 4.78 is 0. The predicted molar refractivity (Wildman–Crippen MR) is 160 cm³/mol. The van der Waals surface area contributed by atoms with E-state index in [0.29, 0.717) is 37.9 Å². The summed E-state index contributed by atoms with van der Waals surface area (Å²) in [5, 5.41) is 28.7. The third-order valence-electron chi connectivity index (χ3n) is 7.02. The Bertz CT molecular complexity index is 1140. The number of aromatic amines is 1. The maximum Gasteiger partial charge on any atom is 0.322 e. The number of nitrogens with two attached hydrogens (primary N) is 2. The van der Waals surface area contributed by atoms with Crippen molar-refractivity contribution in [3.8, 4) is 0 Å². The number of aliphatic hydroxyl groups is 1. The predicted octanol–water partition coefficient (Wildman–Crippen LogP) is -3.63. The number of nitrogens with zero attached hydrogens (tertiary/aromatic N) is 2. The largest absolute Gasteiger partial charge is 0.480 e. The lowest BCUT2D eigenvalue weighted by Crippen LogP contribution is -2.60. The Morgan fingerprint density at radius 3 is 2.43 bits per heavy atom. The van der Waals surface area contributed by atoms with E-state index >= 15 is 0 Å². The van der Waals surface area contributed by atoms with E-state index in [0.717, 1.165) is 0 Å². The second-order valence-corrected chi connectivity index (χ2v) is 10.9. The van der Waals surface area contributed by atoms with Crippen LogP contribution in [0.15, 0.2) is 12.5 Å². The number of carboxylic acid groups (broad SMARTS) is 1. The standard InChI is InChI=1S/C26H43N9O8S/c1-14(36)21(25(42)30-11-20(37)38)34-23(40)17(5-2-3-7-27)32-24(41)19-6-4-8-35(19)26(43)18(9-15-10-29-13-31-15)33-22(39)16(28)12-44/h10,13-14,16-19,21,36,44H,2-9,11-12,27-28H2,1H3,(H,29,31)(H,30,42)(H,32,41)(H,33,39)(H,34,40)(H,37,38). The number of rotatable bonds is 18. The molecule has 2 rings (SSSR count). The number of amides is 5. The number of carboxylic acids is 1. The first-order chi connectivity index (χ1) is 20.9. The molecule has 0 aromatic carbocycles. The number of likely N-dealkylation sites (tertiary alicyclic amines) is 1. The van der Waals surface area contributed by atoms with Gasteiger partial charge in [0.15, 0.2) is 0 Å². The molecule has 1 saturated heterocycles. The molecule has 2 heterocycles. The van der Waals surface area contributed by atoms with E-state index in [-0.39, 0.29) is 25.1 Å². The molecule has 0 bridgehead atoms. The van der Waals surface area contributed by atoms with Crippen LogP contribution < -0.4 is 32.7 Å². The molecule has 0 spiro atoms. The van der Waals surface area contributed by atoms with Crippen LogP contribution in [0, 0.1) is 0 Å². The van der Waals surface area contributed by atoms with Crippen LogP contribution in [-0.4, -0.2) is 122 Å². The number of unbranched alkanes of at least 4 members (excludes halogenated alkanes) is 1. The van der Waals surface area contributed by atoms with Crippen molar-refractivity contribution in [1.82, 2.24) is 36.1 Å². The van der Waals surface area contributed by atoms with E-state index in [9.17, 15) is 33.9 Å². The highest BCUT2D eigenvalue weighted by molar-refractivity contribution is 7.80. The van der Waals surface area contributed by atoms with E-state index in [4.69, 9.17) is 16.6 Å². The minimum Gasteiger partial charge on any atom is -0.480 e. The number of thiol groups is 1. The van der Waals surface area contributed by atoms with Crippen molar-refractivity contribution in [1.29, 1.82) is 0 Å². The quantitative estimate of drug-likeness (QED) is 0.0551. The minimum absolute atomic E-state index is 0.0519. The fourth-order valence-electron chi connectivity index (χ4n) is 4.64. The van der Waals surface area contributed by atoms with Crippen molar-refractivity contribution in [3.63, 3.8) is 0 Å². The Morgan fingerprint density at radius 1 is 1.11 bits per heavy atom. The van der Waals surface area contributed by atoms with Gasteiger partial charge in [-0.15, -0.1) is 0 Å². The first kappa shape index (κ1) is 36.5. The topological polar surface area (TPSA) is 275 Å². The van der Waals surface area contributed by atoms with Crippen LogP contribution in [0.3, 0.4) is 0 Å². The molecule has 5 amide bonds. The van der Waals surface area contributed by atoms with Gasteiger partial charge in [-0.05, 0) is 45.6 Å². The summed E-state index contributed by atoms with van der Waals surface area (Å²) in [6, 6.07) is -5.64. The maximum atomic E-state index is 13.7. The van der Waals surface area contributed by atoms with Gasteiger partial charge in [-0.3, -0.25) is 28.8 Å². The number of aliphatic hydroxyl groups excluding tert-OH is 1. The maximum absolute atomic E-state index is 13.7. The smallest absolute Gasteiger partial charge is 0.322 e. The summed E-state index contributed by atoms with van der Waals surface area (Å²) in [4.78, 5) is 84.4. The van der Waals surface area contributed by atoms with Crippen molar-refractivity contribution in [2.75, 3.05) is 25.4 Å². The van der Waals surface area contributed by atoms with Gasteiger partial charge in [-0.25, -0.2) is 4.98 Å². The normalized spacial score (nSPS) is 17.9. The zero-order chi connectivity index (χ0) is 32.8. The van der Waals surface area contributed by atoms with Crippen molar-refractivity contribution < 1.29 is 39.0 Å². The highest BCUT2D eigenvalue weighted by Gasteiger charge is 2.39. The van der Waals surface area contributed by atoms with Gasteiger partial charge >= 0.3 is 5.97 Å². The molecule has 1 aliphatic heterocycles. The van der Waals surface area contributed by atoms with Gasteiger partial charge < -0.3 is 52.8 Å². The third-order valence-corrected chi connectivity index (χ3v) is 7.42. The molecule has 6 atom stereocenters. The van der Waals surface area contributed by atoms with Gasteiger partial charge in [-0.1, -0.05) is 0 Å². The number of imidazole rings is 1. The van der Waals surface area contributed by atoms with Gasteiger partial charge in [0.2, 0.25) is 29.5 Å². The van der Waals surface area contributed by atoms with Crippen LogP contribution in [0.1, 0.15) is 44.7 Å². The van der Waals surface area contributed by atoms with Crippen LogP contribution in [0.2, 0.25) is 0 Å². The lowest BCUT2D eigenvalue weighted by molar-refractivity contribution is -0.142. The summed E-state index contributed by atoms with van der Waals surface area (Å²) >= 11 is 4.04. The Morgan fingerprint density at radius 2 is 1.84 bits per heavy atom. The van der Waals surface area contributed by atoms with E-state index < -0.39 is 78.4 Å². The van der Waals surface area contributed by atoms with Crippen LogP contribution in [0.5, 0.6) is 0 Å². The lowest BCUT2D eigenvalue weighted by Gasteiger charge is -2.30. The Balaban J connectivity index is 2.21. The number of aliphatic carboxylic acids is 1. The number of hydrogen-bond donors (Lipinski definition) is 10. The van der Waals surface area contributed by atoms with E-state index in [2.05, 4.69) is 43.9 Å². The molecule has 1 fully saturated rings. The zero-order valence-corrected chi connectivity index (χ0v) is 25.4. The fourth-order valence-corrected chi connectivity index (χ4v) is 4.81. The van der Waals surface area contributed by atoms with Crippen molar-refractivity contribution >= 4 is 48.1 Å². The van der Waals surface area contributed by atoms with Gasteiger partial charge in [0.1, 0.15) is 30.7 Å². The first-order valence-electron chi connectivity index (χ1n) is 14.3. The summed E-state index contributed by atoms with van der Waals surface area (Å²) in [6.07, 6.45) is 3.51. The van der Waals surface area contributed by atoms with E-state index in [1.165, 1.54) is 24.3 Å². The molecule has 6 unspecified atom stereocenters. The summed E-state index contributed by atoms with van der Waals surface area (Å²) in [7, 11) is 0. The fraction of sp³-hybridized carbons (Fsp3) is 0.654. The zero-order valence-electron chi connectivity index (χ0n) is 24.5. The second-order valence-electron chi connectivity index (χ2n) is 10.5. The van der Waals surface area contributed by atoms with Crippen LogP contribution in [0.25, 0.3) is 0 Å². The average Bonchev–Trinajstić information content (AvgIpc) is 3.69. The van der Waals surface area contributed by atoms with Crippen LogP contribution in [0.4, 0.5) is 0 Å². The highest BCUT2D eigenvalue weighted by atomic mass is 32.1. The molecule has 0 saturated carbocycles. The molecule has 17 nitrogen and oxygen atoms in total. The molecular weight excluding hydrogens is 598 g/mol. The van der Waals surface area contributed by atoms with Crippen molar-refractivity contribution in [2.45, 2.75) is 81.8 Å². The molecule has 18 heteroatoms. The highest BCUT2D eigenvalue weighted by Crippen LogP contribution is 2.20.